The molecule has 0 aromatic heterocycles. The van der Waals surface area contributed by atoms with Crippen LogP contribution in [0, 0.1) is 0 Å². The van der Waals surface area contributed by atoms with E-state index >= 15 is 0 Å². The summed E-state index contributed by atoms with van der Waals surface area (Å²) in [5, 5.41) is 30.8. The topological polar surface area (TPSA) is 178 Å². The number of esters is 1. The Morgan fingerprint density at radius 1 is 0.576 bits per heavy atom. The van der Waals surface area contributed by atoms with Crippen molar-refractivity contribution in [3.05, 3.63) is 36.5 Å². The van der Waals surface area contributed by atoms with Crippen LogP contribution in [-0.4, -0.2) is 97.5 Å². The van der Waals surface area contributed by atoms with Gasteiger partial charge in [0.05, 0.1) is 19.8 Å². The number of carbonyl (C=O) groups is 1. The minimum absolute atomic E-state index is 0.0337. The van der Waals surface area contributed by atoms with Crippen LogP contribution in [0.25, 0.3) is 0 Å². The Balaban J connectivity index is 2.35. The van der Waals surface area contributed by atoms with Crippen molar-refractivity contribution >= 4 is 16.4 Å². The van der Waals surface area contributed by atoms with Gasteiger partial charge in [-0.1, -0.05) is 211 Å². The number of allylic oxidation sites excluding steroid dienone is 6. The first-order valence-electron chi connectivity index (χ1n) is 26.7. The summed E-state index contributed by atoms with van der Waals surface area (Å²) in [5.74, 6) is -0.408. The van der Waals surface area contributed by atoms with Gasteiger partial charge in [0, 0.05) is 13.0 Å². The SMILES string of the molecule is CCCCC/C=C\C/C=C\C/C=C\CCCCCCCCC(=O)OC(COCCCCCCCCCCCCCCCCCCCCCC)COC1OC(CO)C(O)C(OS(=O)(=O)O)C1O. The van der Waals surface area contributed by atoms with E-state index in [0.29, 0.717) is 13.0 Å². The highest BCUT2D eigenvalue weighted by atomic mass is 32.3. The van der Waals surface area contributed by atoms with Crippen molar-refractivity contribution in [1.82, 2.24) is 0 Å². The summed E-state index contributed by atoms with van der Waals surface area (Å²) in [7, 11) is -5.07. The third-order valence-corrected chi connectivity index (χ3v) is 12.7. The minimum atomic E-state index is -5.07. The summed E-state index contributed by atoms with van der Waals surface area (Å²) >= 11 is 0. The van der Waals surface area contributed by atoms with Gasteiger partial charge in [-0.2, -0.15) is 8.42 Å². The van der Waals surface area contributed by atoms with Crippen molar-refractivity contribution in [2.24, 2.45) is 0 Å². The zero-order valence-electron chi connectivity index (χ0n) is 41.8. The highest BCUT2D eigenvalue weighted by Crippen LogP contribution is 2.26. The molecule has 1 saturated heterocycles. The fourth-order valence-electron chi connectivity index (χ4n) is 8.21. The number of aliphatic hydroxyl groups is 3. The molecule has 0 amide bonds. The molecule has 66 heavy (non-hydrogen) atoms. The Bertz CT molecular complexity index is 1290. The number of hydrogen-bond donors (Lipinski definition) is 4. The van der Waals surface area contributed by atoms with Crippen molar-refractivity contribution in [3.8, 4) is 0 Å². The van der Waals surface area contributed by atoms with E-state index in [1.807, 2.05) is 0 Å². The van der Waals surface area contributed by atoms with Crippen molar-refractivity contribution in [2.45, 2.75) is 269 Å². The van der Waals surface area contributed by atoms with E-state index in [1.165, 1.54) is 135 Å². The summed E-state index contributed by atoms with van der Waals surface area (Å²) < 4.78 is 59.3. The molecule has 12 nitrogen and oxygen atoms in total. The molecule has 388 valence electrons. The monoisotopic (exact) mass is 959 g/mol. The van der Waals surface area contributed by atoms with E-state index in [9.17, 15) is 33.1 Å². The Kier molecular flexibility index (Phi) is 42.1. The molecule has 1 fully saturated rings. The van der Waals surface area contributed by atoms with Crippen LogP contribution < -0.4 is 0 Å². The van der Waals surface area contributed by atoms with E-state index in [2.05, 4.69) is 54.5 Å². The zero-order valence-corrected chi connectivity index (χ0v) is 42.6. The number of aliphatic hydroxyl groups excluding tert-OH is 3. The first kappa shape index (κ1) is 62.3. The summed E-state index contributed by atoms with van der Waals surface area (Å²) in [6.07, 6.45) is 44.6. The molecule has 13 heteroatoms. The zero-order chi connectivity index (χ0) is 48.2. The molecule has 1 aliphatic heterocycles. The van der Waals surface area contributed by atoms with Gasteiger partial charge < -0.3 is 34.3 Å². The fourth-order valence-corrected chi connectivity index (χ4v) is 8.72. The predicted octanol–water partition coefficient (Wildman–Crippen LogP) is 12.5. The van der Waals surface area contributed by atoms with E-state index < -0.39 is 59.8 Å². The molecule has 1 rings (SSSR count). The molecule has 6 atom stereocenters. The van der Waals surface area contributed by atoms with Crippen LogP contribution in [-0.2, 0) is 38.3 Å². The van der Waals surface area contributed by atoms with Crippen molar-refractivity contribution in [1.29, 1.82) is 0 Å². The predicted molar refractivity (Wildman–Crippen MR) is 267 cm³/mol. The molecule has 0 aromatic rings. The maximum absolute atomic E-state index is 12.9. The van der Waals surface area contributed by atoms with Crippen LogP contribution >= 0.6 is 0 Å². The molecule has 0 spiro atoms. The van der Waals surface area contributed by atoms with Crippen LogP contribution in [0.2, 0.25) is 0 Å². The second-order valence-electron chi connectivity index (χ2n) is 18.5. The highest BCUT2D eigenvalue weighted by Gasteiger charge is 2.48. The number of unbranched alkanes of at least 4 members (excludes halogenated alkanes) is 28. The molecule has 0 aliphatic carbocycles. The average Bonchev–Trinajstić information content (AvgIpc) is 3.29. The number of ether oxygens (including phenoxy) is 4. The molecule has 4 N–H and O–H groups in total. The molecule has 0 radical (unpaired) electrons. The molecule has 0 saturated carbocycles. The van der Waals surface area contributed by atoms with Gasteiger partial charge >= 0.3 is 16.4 Å². The van der Waals surface area contributed by atoms with Crippen molar-refractivity contribution in [3.63, 3.8) is 0 Å². The van der Waals surface area contributed by atoms with Crippen LogP contribution in [0.5, 0.6) is 0 Å². The maximum Gasteiger partial charge on any atom is 0.397 e. The molecule has 6 unspecified atom stereocenters. The third-order valence-electron chi connectivity index (χ3n) is 12.3. The Hall–Kier alpha value is -1.68. The van der Waals surface area contributed by atoms with E-state index in [0.717, 1.165) is 70.6 Å². The standard InChI is InChI=1S/C53H98O12S/c1-3-5-7-9-11-13-15-17-19-21-23-25-27-29-31-33-35-37-39-41-43-61-45-47(46-62-53-51(57)52(65-66(58,59)60)50(56)48(44-54)64-53)63-49(55)42-40-38-36-34-32-30-28-26-24-22-20-18-16-14-12-10-8-6-4-2/h12,14,18,20,24,26,47-48,50-54,56-57H,3-11,13,15-17,19,21-23,25,27-46H2,1-2H3,(H,58,59,60)/b14-12-,20-18-,26-24-. The smallest absolute Gasteiger partial charge is 0.397 e. The van der Waals surface area contributed by atoms with Crippen molar-refractivity contribution in [2.75, 3.05) is 26.4 Å². The number of carbonyl (C=O) groups excluding carboxylic acids is 1. The highest BCUT2D eigenvalue weighted by molar-refractivity contribution is 7.80. The second-order valence-corrected chi connectivity index (χ2v) is 19.5. The third kappa shape index (κ3) is 37.2. The summed E-state index contributed by atoms with van der Waals surface area (Å²) in [6, 6.07) is 0. The fraction of sp³-hybridized carbons (Fsp3) is 0.868. The Morgan fingerprint density at radius 3 is 1.48 bits per heavy atom. The van der Waals surface area contributed by atoms with Crippen LogP contribution in [0.1, 0.15) is 232 Å². The maximum atomic E-state index is 12.9. The van der Waals surface area contributed by atoms with Gasteiger partial charge in [-0.25, -0.2) is 4.18 Å². The lowest BCUT2D eigenvalue weighted by atomic mass is 9.99. The van der Waals surface area contributed by atoms with Gasteiger partial charge in [0.2, 0.25) is 0 Å². The Morgan fingerprint density at radius 2 is 1.00 bits per heavy atom. The van der Waals surface area contributed by atoms with E-state index in [1.54, 1.807) is 0 Å². The largest absolute Gasteiger partial charge is 0.457 e. The summed E-state index contributed by atoms with van der Waals surface area (Å²) in [6.45, 7) is 3.99. The number of rotatable bonds is 47. The van der Waals surface area contributed by atoms with Crippen molar-refractivity contribution < 1.29 is 56.2 Å². The van der Waals surface area contributed by atoms with Gasteiger partial charge in [0.15, 0.2) is 6.29 Å². The lowest BCUT2D eigenvalue weighted by Gasteiger charge is -2.41. The van der Waals surface area contributed by atoms with Crippen LogP contribution in [0.4, 0.5) is 0 Å². The van der Waals surface area contributed by atoms with Gasteiger partial charge in [-0.05, 0) is 51.4 Å². The second kappa shape index (κ2) is 44.5. The molecular weight excluding hydrogens is 861 g/mol. The lowest BCUT2D eigenvalue weighted by molar-refractivity contribution is -0.301. The average molecular weight is 959 g/mol. The molecule has 1 heterocycles. The van der Waals surface area contributed by atoms with E-state index in [-0.39, 0.29) is 19.6 Å². The van der Waals surface area contributed by atoms with Gasteiger partial charge in [-0.15, -0.1) is 0 Å². The lowest BCUT2D eigenvalue weighted by Crippen LogP contribution is -2.60. The first-order valence-corrected chi connectivity index (χ1v) is 28.1. The quantitative estimate of drug-likeness (QED) is 0.0197. The number of hydrogen-bond acceptors (Lipinski definition) is 11. The van der Waals surface area contributed by atoms with Crippen LogP contribution in [0.15, 0.2) is 36.5 Å². The summed E-state index contributed by atoms with van der Waals surface area (Å²) in [5.41, 5.74) is 0. The summed E-state index contributed by atoms with van der Waals surface area (Å²) in [4.78, 5) is 12.9. The van der Waals surface area contributed by atoms with Gasteiger partial charge in [-0.3, -0.25) is 9.35 Å². The molecule has 0 bridgehead atoms. The van der Waals surface area contributed by atoms with E-state index in [4.69, 9.17) is 18.9 Å². The van der Waals surface area contributed by atoms with Gasteiger partial charge in [0.25, 0.3) is 0 Å². The first-order chi connectivity index (χ1) is 32.1. The van der Waals surface area contributed by atoms with Crippen LogP contribution in [0.3, 0.4) is 0 Å². The van der Waals surface area contributed by atoms with Gasteiger partial charge in [0.1, 0.15) is 30.5 Å². The molecular formula is C53H98O12S. The normalized spacial score (nSPS) is 19.8. The Labute approximate surface area is 403 Å². The minimum Gasteiger partial charge on any atom is -0.457 e. The molecule has 1 aliphatic rings. The molecule has 0 aromatic carbocycles.